The number of hydrogen-bond acceptors (Lipinski definition) is 2. The molecule has 0 radical (unpaired) electrons. The van der Waals surface area contributed by atoms with Gasteiger partial charge in [0.05, 0.1) is 0 Å². The molecule has 0 saturated heterocycles. The topological polar surface area (TPSA) is 0 Å². The monoisotopic (exact) mass is 234 g/mol. The number of hydrogen-bond donors (Lipinski definition) is 2. The molecule has 14 heavy (non-hydrogen) atoms. The fourth-order valence-corrected chi connectivity index (χ4v) is 2.50. The summed E-state index contributed by atoms with van der Waals surface area (Å²) < 4.78 is 0.0923. The summed E-state index contributed by atoms with van der Waals surface area (Å²) in [5.41, 5.74) is 0.389. The summed E-state index contributed by atoms with van der Waals surface area (Å²) in [6.45, 7) is 13.7. The third kappa shape index (κ3) is 4.48. The molecule has 0 heterocycles. The molecule has 0 bridgehead atoms. The van der Waals surface area contributed by atoms with Crippen LogP contribution in [0.25, 0.3) is 0 Å². The Morgan fingerprint density at radius 3 is 1.71 bits per heavy atom. The van der Waals surface area contributed by atoms with E-state index in [0.29, 0.717) is 17.3 Å². The third-order valence-electron chi connectivity index (χ3n) is 3.19. The highest BCUT2D eigenvalue weighted by Crippen LogP contribution is 2.39. The standard InChI is InChI=1S/C12H26S2/c1-9(7-11(3,4)5)12(6,14)10(2)8-13/h9-10,13-14H,7-8H2,1-6H3. The lowest BCUT2D eigenvalue weighted by molar-refractivity contribution is 0.239. The van der Waals surface area contributed by atoms with Gasteiger partial charge in [-0.15, -0.1) is 0 Å². The Kier molecular flexibility index (Phi) is 5.41. The Hall–Kier alpha value is 0.700. The lowest BCUT2D eigenvalue weighted by Gasteiger charge is -2.39. The van der Waals surface area contributed by atoms with E-state index in [1.54, 1.807) is 0 Å². The molecule has 0 aliphatic rings. The Labute approximate surface area is 101 Å². The lowest BCUT2D eigenvalue weighted by Crippen LogP contribution is -2.37. The summed E-state index contributed by atoms with van der Waals surface area (Å²) in [4.78, 5) is 0. The van der Waals surface area contributed by atoms with Gasteiger partial charge in [-0.2, -0.15) is 25.3 Å². The van der Waals surface area contributed by atoms with Crippen LogP contribution in [0, 0.1) is 17.3 Å². The number of thiol groups is 2. The molecule has 0 amide bonds. The molecule has 0 saturated carbocycles. The predicted octanol–water partition coefficient (Wildman–Crippen LogP) is 4.31. The van der Waals surface area contributed by atoms with Gasteiger partial charge in [0.25, 0.3) is 0 Å². The first-order valence-corrected chi connectivity index (χ1v) is 6.52. The quantitative estimate of drug-likeness (QED) is 0.665. The van der Waals surface area contributed by atoms with Gasteiger partial charge in [-0.3, -0.25) is 0 Å². The minimum absolute atomic E-state index is 0.0923. The van der Waals surface area contributed by atoms with Crippen molar-refractivity contribution in [2.75, 3.05) is 5.75 Å². The molecule has 0 N–H and O–H groups in total. The summed E-state index contributed by atoms with van der Waals surface area (Å²) in [6, 6.07) is 0. The second-order valence-electron chi connectivity index (χ2n) is 5.98. The average molecular weight is 234 g/mol. The molecule has 0 nitrogen and oxygen atoms in total. The maximum Gasteiger partial charge on any atom is 0.0160 e. The third-order valence-corrected chi connectivity index (χ3v) is 4.62. The highest BCUT2D eigenvalue weighted by atomic mass is 32.1. The zero-order valence-corrected chi connectivity index (χ0v) is 12.3. The molecule has 0 aromatic rings. The van der Waals surface area contributed by atoms with E-state index in [1.165, 1.54) is 6.42 Å². The van der Waals surface area contributed by atoms with Crippen LogP contribution in [0.1, 0.15) is 48.0 Å². The smallest absolute Gasteiger partial charge is 0.0160 e. The molecule has 3 atom stereocenters. The van der Waals surface area contributed by atoms with Crippen molar-refractivity contribution in [2.24, 2.45) is 17.3 Å². The van der Waals surface area contributed by atoms with E-state index < -0.39 is 0 Å². The maximum atomic E-state index is 4.82. The minimum Gasteiger partial charge on any atom is -0.179 e. The molecular weight excluding hydrogens is 208 g/mol. The molecule has 0 aliphatic heterocycles. The van der Waals surface area contributed by atoms with Gasteiger partial charge in [-0.1, -0.05) is 41.5 Å². The summed E-state index contributed by atoms with van der Waals surface area (Å²) in [6.07, 6.45) is 1.21. The summed E-state index contributed by atoms with van der Waals surface area (Å²) in [7, 11) is 0. The Morgan fingerprint density at radius 1 is 1.00 bits per heavy atom. The van der Waals surface area contributed by atoms with Crippen molar-refractivity contribution >= 4 is 25.3 Å². The first-order chi connectivity index (χ1) is 6.11. The van der Waals surface area contributed by atoms with Gasteiger partial charge >= 0.3 is 0 Å². The average Bonchev–Trinajstić information content (AvgIpc) is 1.99. The van der Waals surface area contributed by atoms with E-state index in [9.17, 15) is 0 Å². The van der Waals surface area contributed by atoms with E-state index in [0.717, 1.165) is 5.75 Å². The molecule has 0 aliphatic carbocycles. The molecule has 0 spiro atoms. The van der Waals surface area contributed by atoms with Gasteiger partial charge in [0, 0.05) is 4.75 Å². The SMILES string of the molecule is CC(CS)C(C)(S)C(C)CC(C)(C)C. The molecule has 2 heteroatoms. The van der Waals surface area contributed by atoms with Gasteiger partial charge < -0.3 is 0 Å². The van der Waals surface area contributed by atoms with Crippen LogP contribution in [0.15, 0.2) is 0 Å². The van der Waals surface area contributed by atoms with Crippen LogP contribution in [-0.4, -0.2) is 10.5 Å². The van der Waals surface area contributed by atoms with Crippen molar-refractivity contribution < 1.29 is 0 Å². The van der Waals surface area contributed by atoms with Gasteiger partial charge in [-0.25, -0.2) is 0 Å². The molecule has 0 aromatic heterocycles. The van der Waals surface area contributed by atoms with Crippen LogP contribution in [0.4, 0.5) is 0 Å². The summed E-state index contributed by atoms with van der Waals surface area (Å²) in [5.74, 6) is 2.08. The molecule has 3 unspecified atom stereocenters. The van der Waals surface area contributed by atoms with Crippen LogP contribution in [0.5, 0.6) is 0 Å². The highest BCUT2D eigenvalue weighted by molar-refractivity contribution is 7.82. The van der Waals surface area contributed by atoms with Crippen LogP contribution >= 0.6 is 25.3 Å². The summed E-state index contributed by atoms with van der Waals surface area (Å²) in [5, 5.41) is 0. The lowest BCUT2D eigenvalue weighted by atomic mass is 9.76. The Balaban J connectivity index is 4.43. The maximum absolute atomic E-state index is 4.82. The fraction of sp³-hybridized carbons (Fsp3) is 1.00. The highest BCUT2D eigenvalue weighted by Gasteiger charge is 2.34. The van der Waals surface area contributed by atoms with Crippen molar-refractivity contribution in [3.63, 3.8) is 0 Å². The van der Waals surface area contributed by atoms with Crippen molar-refractivity contribution in [3.8, 4) is 0 Å². The van der Waals surface area contributed by atoms with E-state index in [4.69, 9.17) is 12.6 Å². The zero-order valence-electron chi connectivity index (χ0n) is 10.5. The molecule has 0 aromatic carbocycles. The van der Waals surface area contributed by atoms with Crippen LogP contribution in [0.2, 0.25) is 0 Å². The molecule has 0 fully saturated rings. The van der Waals surface area contributed by atoms with Crippen LogP contribution in [0.3, 0.4) is 0 Å². The van der Waals surface area contributed by atoms with E-state index in [2.05, 4.69) is 54.2 Å². The second-order valence-corrected chi connectivity index (χ2v) is 7.30. The minimum atomic E-state index is 0.0923. The van der Waals surface area contributed by atoms with E-state index in [-0.39, 0.29) is 4.75 Å². The van der Waals surface area contributed by atoms with Crippen molar-refractivity contribution in [1.29, 1.82) is 0 Å². The second kappa shape index (κ2) is 5.16. The molecular formula is C12H26S2. The Bertz CT molecular complexity index is 168. The molecule has 0 rings (SSSR count). The van der Waals surface area contributed by atoms with Gasteiger partial charge in [0.2, 0.25) is 0 Å². The predicted molar refractivity (Wildman–Crippen MR) is 73.6 cm³/mol. The van der Waals surface area contributed by atoms with Gasteiger partial charge in [0.1, 0.15) is 0 Å². The van der Waals surface area contributed by atoms with Crippen LogP contribution in [-0.2, 0) is 0 Å². The van der Waals surface area contributed by atoms with Gasteiger partial charge in [0.15, 0.2) is 0 Å². The summed E-state index contributed by atoms with van der Waals surface area (Å²) >= 11 is 9.19. The zero-order chi connectivity index (χ0) is 11.6. The van der Waals surface area contributed by atoms with Crippen molar-refractivity contribution in [1.82, 2.24) is 0 Å². The first kappa shape index (κ1) is 14.7. The largest absolute Gasteiger partial charge is 0.179 e. The van der Waals surface area contributed by atoms with Crippen molar-refractivity contribution in [3.05, 3.63) is 0 Å². The number of rotatable bonds is 4. The van der Waals surface area contributed by atoms with Crippen molar-refractivity contribution in [2.45, 2.75) is 52.7 Å². The molecule has 86 valence electrons. The Morgan fingerprint density at radius 2 is 1.43 bits per heavy atom. The van der Waals surface area contributed by atoms with Gasteiger partial charge in [-0.05, 0) is 29.4 Å². The van der Waals surface area contributed by atoms with Crippen LogP contribution < -0.4 is 0 Å². The fourth-order valence-electron chi connectivity index (χ4n) is 1.80. The van der Waals surface area contributed by atoms with E-state index >= 15 is 0 Å². The first-order valence-electron chi connectivity index (χ1n) is 5.44. The van der Waals surface area contributed by atoms with E-state index in [1.807, 2.05) is 0 Å². The normalized spacial score (nSPS) is 21.4.